The number of hydrogen-bond acceptors (Lipinski definition) is 4. The van der Waals surface area contributed by atoms with Crippen LogP contribution in [0.2, 0.25) is 5.02 Å². The van der Waals surface area contributed by atoms with Crippen molar-refractivity contribution >= 4 is 38.9 Å². The number of methoxy groups -OCH3 is 1. The molecule has 146 valence electrons. The Bertz CT molecular complexity index is 914. The molecule has 1 unspecified atom stereocenters. The van der Waals surface area contributed by atoms with Crippen molar-refractivity contribution in [2.24, 2.45) is 0 Å². The molecule has 0 bridgehead atoms. The summed E-state index contributed by atoms with van der Waals surface area (Å²) in [6.07, 6.45) is 1.37. The predicted octanol–water partition coefficient (Wildman–Crippen LogP) is 3.84. The van der Waals surface area contributed by atoms with Crippen LogP contribution in [0.25, 0.3) is 0 Å². The number of sulfonamides is 1. The fourth-order valence-electron chi connectivity index (χ4n) is 2.76. The first kappa shape index (κ1) is 21.1. The summed E-state index contributed by atoms with van der Waals surface area (Å²) in [5, 5.41) is 3.16. The molecule has 0 fully saturated rings. The minimum Gasteiger partial charge on any atom is -0.497 e. The summed E-state index contributed by atoms with van der Waals surface area (Å²) in [7, 11) is -2.17. The van der Waals surface area contributed by atoms with Gasteiger partial charge in [0.2, 0.25) is 15.9 Å². The van der Waals surface area contributed by atoms with Crippen LogP contribution in [0, 0.1) is 6.92 Å². The number of aryl methyl sites for hydroxylation is 1. The fraction of sp³-hybridized carbons (Fsp3) is 0.316. The van der Waals surface area contributed by atoms with Crippen LogP contribution in [0.5, 0.6) is 5.75 Å². The number of carbonyl (C=O) groups excluding carboxylic acids is 1. The van der Waals surface area contributed by atoms with Crippen molar-refractivity contribution in [2.45, 2.75) is 26.3 Å². The van der Waals surface area contributed by atoms with E-state index in [0.29, 0.717) is 34.1 Å². The van der Waals surface area contributed by atoms with Crippen LogP contribution in [0.1, 0.15) is 18.9 Å². The molecule has 0 saturated heterocycles. The molecule has 2 aromatic rings. The lowest BCUT2D eigenvalue weighted by Crippen LogP contribution is -2.47. The van der Waals surface area contributed by atoms with Crippen LogP contribution < -0.4 is 14.4 Å². The first-order chi connectivity index (χ1) is 12.7. The molecule has 0 radical (unpaired) electrons. The molecule has 8 heteroatoms. The Morgan fingerprint density at radius 2 is 1.85 bits per heavy atom. The molecule has 2 rings (SSSR count). The SMILES string of the molecule is CCC(C(=O)Nc1ccc(OC)cc1)N(c1cc(Cl)ccc1C)S(C)(=O)=O. The highest BCUT2D eigenvalue weighted by atomic mass is 35.5. The van der Waals surface area contributed by atoms with Crippen LogP contribution in [-0.2, 0) is 14.8 Å². The van der Waals surface area contributed by atoms with E-state index < -0.39 is 22.0 Å². The zero-order valence-corrected chi connectivity index (χ0v) is 17.3. The largest absolute Gasteiger partial charge is 0.497 e. The lowest BCUT2D eigenvalue weighted by Gasteiger charge is -2.31. The van der Waals surface area contributed by atoms with Gasteiger partial charge in [-0.3, -0.25) is 9.10 Å². The molecule has 0 spiro atoms. The van der Waals surface area contributed by atoms with Gasteiger partial charge in [0.05, 0.1) is 19.1 Å². The maximum atomic E-state index is 12.9. The van der Waals surface area contributed by atoms with Crippen LogP contribution in [0.15, 0.2) is 42.5 Å². The zero-order valence-electron chi connectivity index (χ0n) is 15.7. The van der Waals surface area contributed by atoms with Crippen molar-refractivity contribution in [1.29, 1.82) is 0 Å². The molecule has 1 atom stereocenters. The number of nitrogens with one attached hydrogen (secondary N) is 1. The maximum Gasteiger partial charge on any atom is 0.248 e. The zero-order chi connectivity index (χ0) is 20.2. The number of nitrogens with zero attached hydrogens (tertiary/aromatic N) is 1. The molecule has 0 saturated carbocycles. The van der Waals surface area contributed by atoms with Crippen LogP contribution in [-0.4, -0.2) is 33.7 Å². The summed E-state index contributed by atoms with van der Waals surface area (Å²) in [5.74, 6) is 0.236. The highest BCUT2D eigenvalue weighted by molar-refractivity contribution is 7.92. The van der Waals surface area contributed by atoms with Crippen molar-refractivity contribution in [3.8, 4) is 5.75 Å². The highest BCUT2D eigenvalue weighted by Gasteiger charge is 2.32. The van der Waals surface area contributed by atoms with Gasteiger partial charge in [-0.15, -0.1) is 0 Å². The van der Waals surface area contributed by atoms with E-state index in [0.717, 1.165) is 10.6 Å². The van der Waals surface area contributed by atoms with Gasteiger partial charge in [-0.25, -0.2) is 8.42 Å². The topological polar surface area (TPSA) is 75.7 Å². The van der Waals surface area contributed by atoms with E-state index in [2.05, 4.69) is 5.32 Å². The first-order valence-electron chi connectivity index (χ1n) is 8.37. The number of rotatable bonds is 7. The number of halogens is 1. The molecule has 0 aliphatic rings. The van der Waals surface area contributed by atoms with E-state index in [1.165, 1.54) is 0 Å². The highest BCUT2D eigenvalue weighted by Crippen LogP contribution is 2.29. The van der Waals surface area contributed by atoms with Crippen molar-refractivity contribution in [3.63, 3.8) is 0 Å². The molecule has 27 heavy (non-hydrogen) atoms. The molecule has 2 aromatic carbocycles. The van der Waals surface area contributed by atoms with E-state index in [1.54, 1.807) is 63.4 Å². The summed E-state index contributed by atoms with van der Waals surface area (Å²) in [6.45, 7) is 3.54. The molecular formula is C19H23ClN2O4S. The van der Waals surface area contributed by atoms with E-state index in [9.17, 15) is 13.2 Å². The number of carbonyl (C=O) groups is 1. The number of anilines is 2. The van der Waals surface area contributed by atoms with Crippen molar-refractivity contribution in [3.05, 3.63) is 53.1 Å². The quantitative estimate of drug-likeness (QED) is 0.752. The predicted molar refractivity (Wildman–Crippen MR) is 109 cm³/mol. The third kappa shape index (κ3) is 5.14. The smallest absolute Gasteiger partial charge is 0.248 e. The average molecular weight is 411 g/mol. The van der Waals surface area contributed by atoms with Crippen molar-refractivity contribution < 1.29 is 17.9 Å². The molecule has 0 heterocycles. The van der Waals surface area contributed by atoms with Crippen LogP contribution >= 0.6 is 11.6 Å². The summed E-state index contributed by atoms with van der Waals surface area (Å²) >= 11 is 6.06. The standard InChI is InChI=1S/C19H23ClN2O4S/c1-5-17(19(23)21-15-8-10-16(26-3)11-9-15)22(27(4,24)25)18-12-14(20)7-6-13(18)2/h6-12,17H,5H2,1-4H3,(H,21,23). The number of hydrogen-bond donors (Lipinski definition) is 1. The Labute approximate surface area is 165 Å². The van der Waals surface area contributed by atoms with Gasteiger partial charge < -0.3 is 10.1 Å². The minimum atomic E-state index is -3.72. The van der Waals surface area contributed by atoms with E-state index in [1.807, 2.05) is 0 Å². The molecule has 1 amide bonds. The van der Waals surface area contributed by atoms with Gasteiger partial charge in [0, 0.05) is 10.7 Å². The van der Waals surface area contributed by atoms with Gasteiger partial charge in [-0.1, -0.05) is 24.6 Å². The van der Waals surface area contributed by atoms with E-state index >= 15 is 0 Å². The van der Waals surface area contributed by atoms with Gasteiger partial charge in [-0.05, 0) is 55.3 Å². The van der Waals surface area contributed by atoms with Crippen molar-refractivity contribution in [1.82, 2.24) is 0 Å². The lowest BCUT2D eigenvalue weighted by molar-refractivity contribution is -0.117. The molecule has 1 N–H and O–H groups in total. The second kappa shape index (κ2) is 8.63. The Kier molecular flexibility index (Phi) is 6.73. The Morgan fingerprint density at radius 3 is 2.37 bits per heavy atom. The van der Waals surface area contributed by atoms with Crippen LogP contribution in [0.4, 0.5) is 11.4 Å². The molecule has 0 aliphatic carbocycles. The molecule has 6 nitrogen and oxygen atoms in total. The number of ether oxygens (including phenoxy) is 1. The minimum absolute atomic E-state index is 0.293. The molecular weight excluding hydrogens is 388 g/mol. The lowest BCUT2D eigenvalue weighted by atomic mass is 10.1. The normalized spacial score (nSPS) is 12.3. The molecule has 0 aromatic heterocycles. The Balaban J connectivity index is 2.39. The van der Waals surface area contributed by atoms with E-state index in [-0.39, 0.29) is 0 Å². The van der Waals surface area contributed by atoms with Gasteiger partial charge in [-0.2, -0.15) is 0 Å². The third-order valence-electron chi connectivity index (χ3n) is 4.10. The second-order valence-corrected chi connectivity index (χ2v) is 8.43. The molecule has 0 aliphatic heterocycles. The Hall–Kier alpha value is -2.25. The van der Waals surface area contributed by atoms with Crippen molar-refractivity contribution in [2.75, 3.05) is 23.0 Å². The monoisotopic (exact) mass is 410 g/mol. The number of amides is 1. The number of benzene rings is 2. The summed E-state index contributed by atoms with van der Waals surface area (Å²) in [4.78, 5) is 12.9. The van der Waals surface area contributed by atoms with Crippen LogP contribution in [0.3, 0.4) is 0 Å². The average Bonchev–Trinajstić information content (AvgIpc) is 2.61. The van der Waals surface area contributed by atoms with Gasteiger partial charge in [0.25, 0.3) is 0 Å². The van der Waals surface area contributed by atoms with E-state index in [4.69, 9.17) is 16.3 Å². The second-order valence-electron chi connectivity index (χ2n) is 6.13. The van der Waals surface area contributed by atoms with Gasteiger partial charge >= 0.3 is 0 Å². The summed E-state index contributed by atoms with van der Waals surface area (Å²) in [6, 6.07) is 10.9. The van der Waals surface area contributed by atoms with Gasteiger partial charge in [0.1, 0.15) is 11.8 Å². The van der Waals surface area contributed by atoms with Gasteiger partial charge in [0.15, 0.2) is 0 Å². The first-order valence-corrected chi connectivity index (χ1v) is 10.6. The maximum absolute atomic E-state index is 12.9. The third-order valence-corrected chi connectivity index (χ3v) is 5.50. The summed E-state index contributed by atoms with van der Waals surface area (Å²) < 4.78 is 31.3. The summed E-state index contributed by atoms with van der Waals surface area (Å²) in [5.41, 5.74) is 1.65. The Morgan fingerprint density at radius 1 is 1.22 bits per heavy atom. The fourth-order valence-corrected chi connectivity index (χ4v) is 4.18.